The molecule has 2 aromatic carbocycles. The highest BCUT2D eigenvalue weighted by molar-refractivity contribution is 7.98. The van der Waals surface area contributed by atoms with Crippen LogP contribution in [-0.2, 0) is 6.54 Å². The Morgan fingerprint density at radius 1 is 0.931 bits per heavy atom. The quantitative estimate of drug-likeness (QED) is 0.661. The summed E-state index contributed by atoms with van der Waals surface area (Å²) in [7, 11) is 1.72. The number of rotatable bonds is 6. The summed E-state index contributed by atoms with van der Waals surface area (Å²) in [6.07, 6.45) is 4.79. The molecule has 0 aliphatic carbocycles. The SMILES string of the molecule is COc1ccc(N2CCN(C3CCCN(Cc4ccc(SC)cc4)C3)CC2)cc1. The standard InChI is InChI=1S/C24H33N3OS/c1-28-23-9-7-21(8-10-23)26-14-16-27(17-15-26)22-4-3-13-25(19-22)18-20-5-11-24(29-2)12-6-20/h5-12,22H,3-4,13-19H2,1-2H3. The van der Waals surface area contributed by atoms with E-state index in [-0.39, 0.29) is 0 Å². The lowest BCUT2D eigenvalue weighted by atomic mass is 10.0. The average molecular weight is 412 g/mol. The van der Waals surface area contributed by atoms with E-state index in [9.17, 15) is 0 Å². The minimum Gasteiger partial charge on any atom is -0.497 e. The highest BCUT2D eigenvalue weighted by atomic mass is 32.2. The highest BCUT2D eigenvalue weighted by Gasteiger charge is 2.28. The molecule has 2 aliphatic heterocycles. The number of hydrogen-bond acceptors (Lipinski definition) is 5. The van der Waals surface area contributed by atoms with Gasteiger partial charge in [0.2, 0.25) is 0 Å². The van der Waals surface area contributed by atoms with Gasteiger partial charge in [0.15, 0.2) is 0 Å². The normalized spacial score (nSPS) is 21.3. The van der Waals surface area contributed by atoms with Gasteiger partial charge in [0.05, 0.1) is 7.11 Å². The molecule has 29 heavy (non-hydrogen) atoms. The summed E-state index contributed by atoms with van der Waals surface area (Å²) in [5, 5.41) is 0. The molecular formula is C24H33N3OS. The Balaban J connectivity index is 1.28. The van der Waals surface area contributed by atoms with E-state index in [2.05, 4.69) is 69.5 Å². The molecule has 0 aromatic heterocycles. The summed E-state index contributed by atoms with van der Waals surface area (Å²) in [5.41, 5.74) is 2.75. The summed E-state index contributed by atoms with van der Waals surface area (Å²) < 4.78 is 5.28. The number of piperazine rings is 1. The first-order valence-corrected chi connectivity index (χ1v) is 12.0. The lowest BCUT2D eigenvalue weighted by Gasteiger charge is -2.44. The lowest BCUT2D eigenvalue weighted by Crippen LogP contribution is -2.55. The van der Waals surface area contributed by atoms with Crippen molar-refractivity contribution in [3.05, 3.63) is 54.1 Å². The molecular weight excluding hydrogens is 378 g/mol. The number of methoxy groups -OCH3 is 1. The van der Waals surface area contributed by atoms with Crippen molar-refractivity contribution in [1.82, 2.24) is 9.80 Å². The summed E-state index contributed by atoms with van der Waals surface area (Å²) >= 11 is 1.81. The third kappa shape index (κ3) is 5.27. The number of piperidine rings is 1. The van der Waals surface area contributed by atoms with Crippen LogP contribution in [0, 0.1) is 0 Å². The van der Waals surface area contributed by atoms with Crippen LogP contribution in [0.2, 0.25) is 0 Å². The predicted octanol–water partition coefficient (Wildman–Crippen LogP) is 4.20. The van der Waals surface area contributed by atoms with Crippen LogP contribution in [0.1, 0.15) is 18.4 Å². The third-order valence-electron chi connectivity index (χ3n) is 6.31. The van der Waals surface area contributed by atoms with Crippen LogP contribution < -0.4 is 9.64 Å². The van der Waals surface area contributed by atoms with E-state index in [1.54, 1.807) is 7.11 Å². The third-order valence-corrected chi connectivity index (χ3v) is 7.06. The first kappa shape index (κ1) is 20.6. The molecule has 4 rings (SSSR count). The molecule has 2 saturated heterocycles. The van der Waals surface area contributed by atoms with Crippen LogP contribution in [0.4, 0.5) is 5.69 Å². The van der Waals surface area contributed by atoms with E-state index < -0.39 is 0 Å². The van der Waals surface area contributed by atoms with Gasteiger partial charge in [-0.15, -0.1) is 11.8 Å². The van der Waals surface area contributed by atoms with Crippen molar-refractivity contribution < 1.29 is 4.74 Å². The van der Waals surface area contributed by atoms with Crippen molar-refractivity contribution in [2.45, 2.75) is 30.3 Å². The molecule has 2 aromatic rings. The Bertz CT molecular complexity index is 757. The second-order valence-electron chi connectivity index (χ2n) is 8.10. The Morgan fingerprint density at radius 3 is 2.31 bits per heavy atom. The van der Waals surface area contributed by atoms with Gasteiger partial charge in [-0.05, 0) is 67.6 Å². The van der Waals surface area contributed by atoms with Crippen LogP contribution in [-0.4, -0.2) is 68.5 Å². The molecule has 0 bridgehead atoms. The van der Waals surface area contributed by atoms with Crippen LogP contribution in [0.3, 0.4) is 0 Å². The molecule has 5 heteroatoms. The largest absolute Gasteiger partial charge is 0.497 e. The number of hydrogen-bond donors (Lipinski definition) is 0. The van der Waals surface area contributed by atoms with Crippen LogP contribution in [0.15, 0.2) is 53.4 Å². The molecule has 0 saturated carbocycles. The summed E-state index contributed by atoms with van der Waals surface area (Å²) in [4.78, 5) is 9.23. The number of likely N-dealkylation sites (tertiary alicyclic amines) is 1. The second-order valence-corrected chi connectivity index (χ2v) is 8.98. The zero-order valence-electron chi connectivity index (χ0n) is 17.7. The van der Waals surface area contributed by atoms with Crippen LogP contribution in [0.5, 0.6) is 5.75 Å². The van der Waals surface area contributed by atoms with Crippen molar-refractivity contribution in [2.75, 3.05) is 57.5 Å². The first-order valence-electron chi connectivity index (χ1n) is 10.7. The summed E-state index contributed by atoms with van der Waals surface area (Å²) in [6.45, 7) is 8.05. The molecule has 4 nitrogen and oxygen atoms in total. The highest BCUT2D eigenvalue weighted by Crippen LogP contribution is 2.24. The fraction of sp³-hybridized carbons (Fsp3) is 0.500. The molecule has 0 spiro atoms. The first-order chi connectivity index (χ1) is 14.2. The minimum absolute atomic E-state index is 0.701. The monoisotopic (exact) mass is 411 g/mol. The van der Waals surface area contributed by atoms with E-state index in [0.29, 0.717) is 6.04 Å². The second kappa shape index (κ2) is 9.88. The van der Waals surface area contributed by atoms with Gasteiger partial charge < -0.3 is 9.64 Å². The van der Waals surface area contributed by atoms with E-state index in [4.69, 9.17) is 4.74 Å². The Kier molecular flexibility index (Phi) is 7.01. The lowest BCUT2D eigenvalue weighted by molar-refractivity contribution is 0.0888. The maximum atomic E-state index is 5.28. The Hall–Kier alpha value is -1.69. The van der Waals surface area contributed by atoms with Crippen molar-refractivity contribution in [2.24, 2.45) is 0 Å². The maximum absolute atomic E-state index is 5.28. The van der Waals surface area contributed by atoms with Gasteiger partial charge >= 0.3 is 0 Å². The molecule has 0 radical (unpaired) electrons. The molecule has 2 fully saturated rings. The fourth-order valence-electron chi connectivity index (χ4n) is 4.60. The van der Waals surface area contributed by atoms with Gasteiger partial charge in [0.25, 0.3) is 0 Å². The molecule has 2 aliphatic rings. The van der Waals surface area contributed by atoms with Gasteiger partial charge in [-0.25, -0.2) is 0 Å². The van der Waals surface area contributed by atoms with E-state index in [1.807, 2.05) is 11.8 Å². The molecule has 1 atom stereocenters. The number of anilines is 1. The van der Waals surface area contributed by atoms with Gasteiger partial charge in [0.1, 0.15) is 5.75 Å². The van der Waals surface area contributed by atoms with Gasteiger partial charge in [-0.2, -0.15) is 0 Å². The number of thioether (sulfide) groups is 1. The van der Waals surface area contributed by atoms with Gasteiger partial charge in [0, 0.05) is 55.9 Å². The Morgan fingerprint density at radius 2 is 1.66 bits per heavy atom. The Labute approximate surface area is 179 Å². The molecule has 1 unspecified atom stereocenters. The van der Waals surface area contributed by atoms with Crippen molar-refractivity contribution >= 4 is 17.4 Å². The minimum atomic E-state index is 0.701. The maximum Gasteiger partial charge on any atom is 0.119 e. The van der Waals surface area contributed by atoms with Crippen LogP contribution in [0.25, 0.3) is 0 Å². The molecule has 156 valence electrons. The smallest absolute Gasteiger partial charge is 0.119 e. The van der Waals surface area contributed by atoms with E-state index >= 15 is 0 Å². The van der Waals surface area contributed by atoms with Crippen molar-refractivity contribution in [3.8, 4) is 5.75 Å². The zero-order chi connectivity index (χ0) is 20.1. The molecule has 0 N–H and O–H groups in total. The van der Waals surface area contributed by atoms with E-state index in [0.717, 1.165) is 38.5 Å². The average Bonchev–Trinajstić information content (AvgIpc) is 2.80. The number of nitrogens with zero attached hydrogens (tertiary/aromatic N) is 3. The number of benzene rings is 2. The predicted molar refractivity (Wildman–Crippen MR) is 123 cm³/mol. The van der Waals surface area contributed by atoms with E-state index in [1.165, 1.54) is 42.1 Å². The fourth-order valence-corrected chi connectivity index (χ4v) is 5.01. The summed E-state index contributed by atoms with van der Waals surface area (Å²) in [5.74, 6) is 0.928. The van der Waals surface area contributed by atoms with Gasteiger partial charge in [-0.3, -0.25) is 9.80 Å². The summed E-state index contributed by atoms with van der Waals surface area (Å²) in [6, 6.07) is 18.3. The molecule has 2 heterocycles. The van der Waals surface area contributed by atoms with Gasteiger partial charge in [-0.1, -0.05) is 12.1 Å². The van der Waals surface area contributed by atoms with Crippen LogP contribution >= 0.6 is 11.8 Å². The molecule has 0 amide bonds. The number of ether oxygens (including phenoxy) is 1. The van der Waals surface area contributed by atoms with Crippen molar-refractivity contribution in [1.29, 1.82) is 0 Å². The van der Waals surface area contributed by atoms with Crippen molar-refractivity contribution in [3.63, 3.8) is 0 Å². The zero-order valence-corrected chi connectivity index (χ0v) is 18.5. The topological polar surface area (TPSA) is 19.0 Å².